The molecule has 1 N–H and O–H groups in total. The SMILES string of the molecule is CCOC(=O)c1c(NC(=O)C(C)(C)C)sc(CC)c1-c1ccccc1. The Labute approximate surface area is 153 Å². The molecular formula is C20H25NO3S. The van der Waals surface area contributed by atoms with E-state index in [1.54, 1.807) is 6.92 Å². The van der Waals surface area contributed by atoms with Crippen LogP contribution in [0, 0.1) is 5.41 Å². The van der Waals surface area contributed by atoms with E-state index in [4.69, 9.17) is 4.74 Å². The molecule has 0 saturated carbocycles. The Morgan fingerprint density at radius 3 is 2.28 bits per heavy atom. The first kappa shape index (κ1) is 19.2. The number of anilines is 1. The molecule has 0 bridgehead atoms. The molecule has 0 fully saturated rings. The topological polar surface area (TPSA) is 55.4 Å². The molecule has 4 nitrogen and oxygen atoms in total. The number of aryl methyl sites for hydroxylation is 1. The van der Waals surface area contributed by atoms with Gasteiger partial charge in [0.25, 0.3) is 0 Å². The highest BCUT2D eigenvalue weighted by Crippen LogP contribution is 2.41. The third-order valence-corrected chi connectivity index (χ3v) is 5.00. The van der Waals surface area contributed by atoms with Gasteiger partial charge in [0.15, 0.2) is 0 Å². The summed E-state index contributed by atoms with van der Waals surface area (Å²) in [6.45, 7) is 9.65. The molecule has 1 heterocycles. The van der Waals surface area contributed by atoms with E-state index in [0.717, 1.165) is 22.4 Å². The minimum Gasteiger partial charge on any atom is -0.462 e. The van der Waals surface area contributed by atoms with E-state index in [1.807, 2.05) is 58.0 Å². The predicted molar refractivity (Wildman–Crippen MR) is 103 cm³/mol. The van der Waals surface area contributed by atoms with Gasteiger partial charge in [0, 0.05) is 15.9 Å². The van der Waals surface area contributed by atoms with Crippen molar-refractivity contribution in [3.63, 3.8) is 0 Å². The van der Waals surface area contributed by atoms with Crippen molar-refractivity contribution in [2.24, 2.45) is 5.41 Å². The van der Waals surface area contributed by atoms with Crippen molar-refractivity contribution in [2.45, 2.75) is 41.0 Å². The number of carbonyl (C=O) groups excluding carboxylic acids is 2. The smallest absolute Gasteiger partial charge is 0.341 e. The molecule has 0 aliphatic carbocycles. The van der Waals surface area contributed by atoms with Crippen molar-refractivity contribution in [3.05, 3.63) is 40.8 Å². The van der Waals surface area contributed by atoms with Crippen LogP contribution in [0.4, 0.5) is 5.00 Å². The molecule has 5 heteroatoms. The van der Waals surface area contributed by atoms with Crippen molar-refractivity contribution in [1.29, 1.82) is 0 Å². The quantitative estimate of drug-likeness (QED) is 0.752. The molecule has 25 heavy (non-hydrogen) atoms. The zero-order valence-electron chi connectivity index (χ0n) is 15.4. The molecule has 0 unspecified atom stereocenters. The van der Waals surface area contributed by atoms with Crippen molar-refractivity contribution in [1.82, 2.24) is 0 Å². The maximum atomic E-state index is 12.7. The van der Waals surface area contributed by atoms with Gasteiger partial charge in [-0.2, -0.15) is 0 Å². The number of benzene rings is 1. The van der Waals surface area contributed by atoms with Crippen molar-refractivity contribution >= 4 is 28.2 Å². The fraction of sp³-hybridized carbons (Fsp3) is 0.400. The molecule has 0 radical (unpaired) electrons. The standard InChI is InChI=1S/C20H25NO3S/c1-6-14-15(13-11-9-8-10-12-13)16(18(22)24-7-2)17(25-14)21-19(23)20(3,4)5/h8-12H,6-7H2,1-5H3,(H,21,23). The fourth-order valence-corrected chi connectivity index (χ4v) is 3.56. The Kier molecular flexibility index (Phi) is 6.01. The van der Waals surface area contributed by atoms with Gasteiger partial charge in [-0.1, -0.05) is 58.0 Å². The number of ether oxygens (including phenoxy) is 1. The molecule has 1 aromatic heterocycles. The highest BCUT2D eigenvalue weighted by molar-refractivity contribution is 7.17. The van der Waals surface area contributed by atoms with Crippen LogP contribution in [-0.2, 0) is 16.0 Å². The first-order chi connectivity index (χ1) is 11.8. The molecule has 0 spiro atoms. The van der Waals surface area contributed by atoms with Crippen LogP contribution in [0.2, 0.25) is 0 Å². The van der Waals surface area contributed by atoms with E-state index in [0.29, 0.717) is 10.6 Å². The molecule has 0 atom stereocenters. The molecule has 0 saturated heterocycles. The zero-order valence-corrected chi connectivity index (χ0v) is 16.3. The number of rotatable bonds is 5. The Balaban J connectivity index is 2.62. The highest BCUT2D eigenvalue weighted by atomic mass is 32.1. The van der Waals surface area contributed by atoms with Crippen LogP contribution < -0.4 is 5.32 Å². The van der Waals surface area contributed by atoms with Crippen LogP contribution in [0.15, 0.2) is 30.3 Å². The summed E-state index contributed by atoms with van der Waals surface area (Å²) < 4.78 is 5.27. The monoisotopic (exact) mass is 359 g/mol. The molecule has 2 aromatic rings. The fourth-order valence-electron chi connectivity index (χ4n) is 2.41. The van der Waals surface area contributed by atoms with Crippen molar-refractivity contribution < 1.29 is 14.3 Å². The summed E-state index contributed by atoms with van der Waals surface area (Å²) in [5, 5.41) is 3.50. The second-order valence-corrected chi connectivity index (χ2v) is 7.85. The predicted octanol–water partition coefficient (Wildman–Crippen LogP) is 5.14. The second-order valence-electron chi connectivity index (χ2n) is 6.75. The summed E-state index contributed by atoms with van der Waals surface area (Å²) in [5.41, 5.74) is 1.72. The summed E-state index contributed by atoms with van der Waals surface area (Å²) in [5.74, 6) is -0.525. The van der Waals surface area contributed by atoms with Gasteiger partial charge in [0.2, 0.25) is 5.91 Å². The van der Waals surface area contributed by atoms with E-state index in [1.165, 1.54) is 11.3 Å². The van der Waals surface area contributed by atoms with E-state index in [9.17, 15) is 9.59 Å². The second kappa shape index (κ2) is 7.83. The maximum absolute atomic E-state index is 12.7. The Morgan fingerprint density at radius 2 is 1.76 bits per heavy atom. The number of hydrogen-bond acceptors (Lipinski definition) is 4. The molecule has 1 amide bonds. The first-order valence-electron chi connectivity index (χ1n) is 8.49. The Hall–Kier alpha value is -2.14. The molecule has 134 valence electrons. The van der Waals surface area contributed by atoms with Gasteiger partial charge in [0.1, 0.15) is 10.6 Å². The largest absolute Gasteiger partial charge is 0.462 e. The number of thiophene rings is 1. The van der Waals surface area contributed by atoms with E-state index in [-0.39, 0.29) is 12.5 Å². The van der Waals surface area contributed by atoms with Crippen LogP contribution in [0.1, 0.15) is 49.9 Å². The number of amides is 1. The van der Waals surface area contributed by atoms with E-state index < -0.39 is 11.4 Å². The summed E-state index contributed by atoms with van der Waals surface area (Å²) >= 11 is 1.45. The number of carbonyl (C=O) groups is 2. The number of hydrogen-bond donors (Lipinski definition) is 1. The Morgan fingerprint density at radius 1 is 1.12 bits per heavy atom. The summed E-state index contributed by atoms with van der Waals surface area (Å²) in [4.78, 5) is 26.2. The third kappa shape index (κ3) is 4.28. The lowest BCUT2D eigenvalue weighted by molar-refractivity contribution is -0.123. The summed E-state index contributed by atoms with van der Waals surface area (Å²) in [7, 11) is 0. The molecule has 1 aromatic carbocycles. The summed E-state index contributed by atoms with van der Waals surface area (Å²) in [6, 6.07) is 9.76. The normalized spacial score (nSPS) is 11.2. The van der Waals surface area contributed by atoms with Crippen molar-refractivity contribution in [2.75, 3.05) is 11.9 Å². The average molecular weight is 359 g/mol. The van der Waals surface area contributed by atoms with Crippen molar-refractivity contribution in [3.8, 4) is 11.1 Å². The van der Waals surface area contributed by atoms with E-state index >= 15 is 0 Å². The molecule has 0 aliphatic rings. The van der Waals surface area contributed by atoms with Gasteiger partial charge in [0.05, 0.1) is 6.61 Å². The lowest BCUT2D eigenvalue weighted by Crippen LogP contribution is -2.28. The van der Waals surface area contributed by atoms with Gasteiger partial charge in [-0.15, -0.1) is 11.3 Å². The van der Waals surface area contributed by atoms with Crippen LogP contribution in [-0.4, -0.2) is 18.5 Å². The Bertz CT molecular complexity index is 757. The number of esters is 1. The average Bonchev–Trinajstić information content (AvgIpc) is 2.93. The molecule has 0 aliphatic heterocycles. The van der Waals surface area contributed by atoms with Gasteiger partial charge >= 0.3 is 5.97 Å². The molecular weight excluding hydrogens is 334 g/mol. The summed E-state index contributed by atoms with van der Waals surface area (Å²) in [6.07, 6.45) is 0.771. The van der Waals surface area contributed by atoms with Crippen LogP contribution in [0.5, 0.6) is 0 Å². The third-order valence-electron chi connectivity index (χ3n) is 3.75. The van der Waals surface area contributed by atoms with Crippen LogP contribution in [0.25, 0.3) is 11.1 Å². The van der Waals surface area contributed by atoms with Gasteiger partial charge < -0.3 is 10.1 Å². The first-order valence-corrected chi connectivity index (χ1v) is 9.30. The number of nitrogens with one attached hydrogen (secondary N) is 1. The zero-order chi connectivity index (χ0) is 18.6. The maximum Gasteiger partial charge on any atom is 0.341 e. The van der Waals surface area contributed by atoms with Crippen LogP contribution >= 0.6 is 11.3 Å². The highest BCUT2D eigenvalue weighted by Gasteiger charge is 2.29. The van der Waals surface area contributed by atoms with E-state index in [2.05, 4.69) is 5.32 Å². The van der Waals surface area contributed by atoms with Crippen LogP contribution in [0.3, 0.4) is 0 Å². The van der Waals surface area contributed by atoms with Gasteiger partial charge in [-0.25, -0.2) is 4.79 Å². The van der Waals surface area contributed by atoms with Gasteiger partial charge in [-0.3, -0.25) is 4.79 Å². The lowest BCUT2D eigenvalue weighted by Gasteiger charge is -2.17. The minimum absolute atomic E-state index is 0.124. The lowest BCUT2D eigenvalue weighted by atomic mass is 9.95. The minimum atomic E-state index is -0.546. The van der Waals surface area contributed by atoms with Gasteiger partial charge in [-0.05, 0) is 18.9 Å². The molecule has 2 rings (SSSR count).